The van der Waals surface area contributed by atoms with Gasteiger partial charge in [-0.2, -0.15) is 0 Å². The number of aliphatic hydroxyl groups excluding tert-OH is 2. The van der Waals surface area contributed by atoms with Crippen LogP contribution in [-0.4, -0.2) is 71.7 Å². The maximum Gasteiger partial charge on any atom is 0.349 e. The summed E-state index contributed by atoms with van der Waals surface area (Å²) in [7, 11) is 1.41. The Labute approximate surface area is 257 Å². The van der Waals surface area contributed by atoms with E-state index < -0.39 is 41.6 Å². The normalized spacial score (nSPS) is 19.9. The molecule has 11 heteroatoms. The van der Waals surface area contributed by atoms with Crippen LogP contribution in [0.4, 0.5) is 0 Å². The Hall–Kier alpha value is -5.26. The molecule has 3 aromatic carbocycles. The van der Waals surface area contributed by atoms with E-state index in [-0.39, 0.29) is 47.9 Å². The van der Waals surface area contributed by atoms with E-state index in [0.717, 1.165) is 0 Å². The Kier molecular flexibility index (Phi) is 8.20. The fourth-order valence-corrected chi connectivity index (χ4v) is 6.02. The smallest absolute Gasteiger partial charge is 0.349 e. The number of aldehydes is 1. The molecule has 0 spiro atoms. The number of fused-ring (bicyclic) bond motifs is 4. The number of hydrogen-bond acceptors (Lipinski definition) is 9. The third-order valence-corrected chi connectivity index (χ3v) is 8.10. The highest BCUT2D eigenvalue weighted by molar-refractivity contribution is 5.99. The van der Waals surface area contributed by atoms with Crippen molar-refractivity contribution in [3.63, 3.8) is 0 Å². The maximum atomic E-state index is 14.3. The van der Waals surface area contributed by atoms with Gasteiger partial charge in [-0.1, -0.05) is 48.5 Å². The molecular weight excluding hydrogens is 580 g/mol. The van der Waals surface area contributed by atoms with Crippen LogP contribution in [0.3, 0.4) is 0 Å². The minimum atomic E-state index is -1.39. The Morgan fingerprint density at radius 3 is 2.56 bits per heavy atom. The first-order chi connectivity index (χ1) is 21.8. The van der Waals surface area contributed by atoms with Crippen molar-refractivity contribution in [2.45, 2.75) is 30.7 Å². The molecule has 1 aliphatic heterocycles. The van der Waals surface area contributed by atoms with Crippen LogP contribution in [0.2, 0.25) is 0 Å². The fraction of sp³-hybridized carbons (Fsp3) is 0.235. The van der Waals surface area contributed by atoms with Crippen molar-refractivity contribution in [1.82, 2.24) is 10.2 Å². The molecule has 3 N–H and O–H groups in total. The van der Waals surface area contributed by atoms with Gasteiger partial charge in [-0.15, -0.1) is 0 Å². The number of nitrogens with zero attached hydrogens (tertiary/aromatic N) is 1. The van der Waals surface area contributed by atoms with Crippen molar-refractivity contribution in [3.8, 4) is 11.5 Å². The lowest BCUT2D eigenvalue weighted by molar-refractivity contribution is -0.118. The van der Waals surface area contributed by atoms with Gasteiger partial charge in [-0.05, 0) is 35.9 Å². The van der Waals surface area contributed by atoms with Gasteiger partial charge in [0.05, 0.1) is 25.7 Å². The second-order valence-corrected chi connectivity index (χ2v) is 10.8. The quantitative estimate of drug-likeness (QED) is 0.192. The van der Waals surface area contributed by atoms with Crippen molar-refractivity contribution in [1.29, 1.82) is 0 Å². The molecule has 0 saturated heterocycles. The molecule has 6 rings (SSSR count). The molecular formula is C34H30N2O9. The molecule has 2 heterocycles. The monoisotopic (exact) mass is 610 g/mol. The summed E-state index contributed by atoms with van der Waals surface area (Å²) < 4.78 is 17.2. The van der Waals surface area contributed by atoms with Crippen LogP contribution < -0.4 is 20.4 Å². The minimum Gasteiger partial charge on any atom is -0.493 e. The van der Waals surface area contributed by atoms with Gasteiger partial charge in [0.1, 0.15) is 29.6 Å². The molecule has 4 unspecified atom stereocenters. The Morgan fingerprint density at radius 2 is 1.82 bits per heavy atom. The van der Waals surface area contributed by atoms with Gasteiger partial charge in [0.15, 0.2) is 11.5 Å². The number of carbonyl (C=O) groups is 3. The molecule has 11 nitrogen and oxygen atoms in total. The largest absolute Gasteiger partial charge is 0.493 e. The Balaban J connectivity index is 1.50. The summed E-state index contributed by atoms with van der Waals surface area (Å²) in [6.45, 7) is -0.388. The summed E-state index contributed by atoms with van der Waals surface area (Å²) in [4.78, 5) is 54.1. The molecule has 1 aromatic heterocycles. The van der Waals surface area contributed by atoms with Gasteiger partial charge < -0.3 is 34.3 Å². The zero-order chi connectivity index (χ0) is 31.7. The van der Waals surface area contributed by atoms with E-state index in [1.165, 1.54) is 30.2 Å². The van der Waals surface area contributed by atoms with Crippen molar-refractivity contribution in [2.24, 2.45) is 0 Å². The third-order valence-electron chi connectivity index (χ3n) is 8.10. The predicted molar refractivity (Wildman–Crippen MR) is 162 cm³/mol. The lowest BCUT2D eigenvalue weighted by Crippen LogP contribution is -2.55. The highest BCUT2D eigenvalue weighted by Gasteiger charge is 2.51. The van der Waals surface area contributed by atoms with Crippen LogP contribution in [0.1, 0.15) is 37.8 Å². The SMILES string of the molecule is COc1cc(C=O)cc2c1OC1C2C(C(=O)NCCO)=CC(N(Cc2ccccc2)C(=O)c2cc3ccccc3oc2=O)C1O. The number of methoxy groups -OCH3 is 1. The van der Waals surface area contributed by atoms with Crippen molar-refractivity contribution in [3.05, 3.63) is 117 Å². The number of nitrogens with one attached hydrogen (secondary N) is 1. The Bertz CT molecular complexity index is 1870. The third kappa shape index (κ3) is 5.47. The van der Waals surface area contributed by atoms with Crippen LogP contribution in [0, 0.1) is 0 Å². The van der Waals surface area contributed by atoms with E-state index in [9.17, 15) is 29.4 Å². The summed E-state index contributed by atoms with van der Waals surface area (Å²) >= 11 is 0. The number of ether oxygens (including phenoxy) is 2. The van der Waals surface area contributed by atoms with E-state index in [1.54, 1.807) is 54.6 Å². The van der Waals surface area contributed by atoms with Gasteiger partial charge in [0, 0.05) is 35.2 Å². The molecule has 0 saturated carbocycles. The number of rotatable bonds is 9. The summed E-state index contributed by atoms with van der Waals surface area (Å²) in [5, 5.41) is 24.5. The molecule has 0 radical (unpaired) electrons. The number of para-hydroxylation sites is 1. The molecule has 0 fully saturated rings. The average molecular weight is 611 g/mol. The first-order valence-corrected chi connectivity index (χ1v) is 14.3. The lowest BCUT2D eigenvalue weighted by atomic mass is 9.77. The molecule has 1 aliphatic carbocycles. The van der Waals surface area contributed by atoms with E-state index in [2.05, 4.69) is 5.32 Å². The van der Waals surface area contributed by atoms with Gasteiger partial charge >= 0.3 is 5.63 Å². The van der Waals surface area contributed by atoms with Crippen LogP contribution in [0.25, 0.3) is 11.0 Å². The van der Waals surface area contributed by atoms with Crippen molar-refractivity contribution >= 4 is 29.1 Å². The van der Waals surface area contributed by atoms with E-state index >= 15 is 0 Å². The number of aliphatic hydroxyl groups is 2. The highest BCUT2D eigenvalue weighted by Crippen LogP contribution is 2.51. The second-order valence-electron chi connectivity index (χ2n) is 10.8. The molecule has 2 amide bonds. The van der Waals surface area contributed by atoms with Gasteiger partial charge in [0.2, 0.25) is 5.91 Å². The van der Waals surface area contributed by atoms with Crippen LogP contribution in [0.5, 0.6) is 11.5 Å². The fourth-order valence-electron chi connectivity index (χ4n) is 6.02. The molecule has 4 aromatic rings. The first-order valence-electron chi connectivity index (χ1n) is 14.3. The number of amides is 2. The highest BCUT2D eigenvalue weighted by atomic mass is 16.5. The van der Waals surface area contributed by atoms with Crippen molar-refractivity contribution in [2.75, 3.05) is 20.3 Å². The van der Waals surface area contributed by atoms with Gasteiger partial charge in [0.25, 0.3) is 5.91 Å². The van der Waals surface area contributed by atoms with Gasteiger partial charge in [-0.25, -0.2) is 4.79 Å². The predicted octanol–water partition coefficient (Wildman–Crippen LogP) is 2.58. The van der Waals surface area contributed by atoms with Crippen LogP contribution in [0.15, 0.2) is 93.7 Å². The maximum absolute atomic E-state index is 14.3. The number of hydrogen-bond donors (Lipinski definition) is 3. The topological polar surface area (TPSA) is 156 Å². The molecule has 230 valence electrons. The zero-order valence-electron chi connectivity index (χ0n) is 24.2. The average Bonchev–Trinajstić information content (AvgIpc) is 3.46. The number of carbonyl (C=O) groups excluding carboxylic acids is 3. The standard InChI is InChI=1S/C34H30N2O9/c1-43-27-14-20(18-38)13-22-28-23(32(40)35-11-12-37)16-25(29(39)31(28)45-30(22)27)36(17-19-7-3-2-4-8-19)33(41)24-15-21-9-5-6-10-26(21)44-34(24)42/h2-10,13-16,18,25,28-29,31,37,39H,11-12,17H2,1H3,(H,35,40). The second kappa shape index (κ2) is 12.4. The summed E-state index contributed by atoms with van der Waals surface area (Å²) in [6.07, 6.45) is -0.329. The Morgan fingerprint density at radius 1 is 1.07 bits per heavy atom. The summed E-state index contributed by atoms with van der Waals surface area (Å²) in [6, 6.07) is 19.2. The van der Waals surface area contributed by atoms with E-state index in [1.807, 2.05) is 6.07 Å². The molecule has 2 aliphatic rings. The van der Waals surface area contributed by atoms with Crippen LogP contribution in [-0.2, 0) is 11.3 Å². The van der Waals surface area contributed by atoms with Crippen LogP contribution >= 0.6 is 0 Å². The van der Waals surface area contributed by atoms with Gasteiger partial charge in [-0.3, -0.25) is 14.4 Å². The van der Waals surface area contributed by atoms with Crippen molar-refractivity contribution < 1.29 is 38.5 Å². The summed E-state index contributed by atoms with van der Waals surface area (Å²) in [5.74, 6) is -1.61. The molecule has 0 bridgehead atoms. The van der Waals surface area contributed by atoms with E-state index in [0.29, 0.717) is 28.4 Å². The molecule has 45 heavy (non-hydrogen) atoms. The minimum absolute atomic E-state index is 0.0291. The lowest BCUT2D eigenvalue weighted by Gasteiger charge is -2.40. The molecule has 4 atom stereocenters. The van der Waals surface area contributed by atoms with E-state index in [4.69, 9.17) is 13.9 Å². The number of benzene rings is 3. The first kappa shape index (κ1) is 29.8. The summed E-state index contributed by atoms with van der Waals surface area (Å²) in [5.41, 5.74) is 0.831. The zero-order valence-corrected chi connectivity index (χ0v) is 24.2.